The van der Waals surface area contributed by atoms with Crippen LogP contribution >= 0.6 is 0 Å². The summed E-state index contributed by atoms with van der Waals surface area (Å²) in [7, 11) is 0. The zero-order valence-electron chi connectivity index (χ0n) is 19.6. The fraction of sp³-hybridized carbons (Fsp3) is 0. The summed E-state index contributed by atoms with van der Waals surface area (Å²) in [5.41, 5.74) is 1.32. The molecule has 4 heterocycles. The van der Waals surface area contributed by atoms with Crippen molar-refractivity contribution in [1.82, 2.24) is 19.9 Å². The molecule has 0 unspecified atom stereocenters. The molecule has 0 spiro atoms. The predicted octanol–water partition coefficient (Wildman–Crippen LogP) is 3.55. The van der Waals surface area contributed by atoms with Crippen LogP contribution in [0.1, 0.15) is 41.4 Å². The Kier molecular flexibility index (Phi) is 14.6. The van der Waals surface area contributed by atoms with E-state index < -0.39 is 23.9 Å². The standard InChI is InChI=1S/C12H8N2O4.2C6H5NO2.CH3.Ru/c15-11(16)7-1-3-13-9(5-7)10-6-8(12(17)18)2-4-14-10;2*8-6(9)5-1-3-7-4-2-5;;/h1-6H,(H,15,16)(H,17,18);2*1-4H,(H,8,9);1H3;/q;;;-1;+1. The second-order valence-corrected chi connectivity index (χ2v) is 6.55. The quantitative estimate of drug-likeness (QED) is 0.190. The first kappa shape index (κ1) is 33.1. The number of carboxylic acid groups (broad SMARTS) is 4. The minimum atomic E-state index is -1.08. The van der Waals surface area contributed by atoms with Gasteiger partial charge in [0.25, 0.3) is 0 Å². The van der Waals surface area contributed by atoms with Crippen molar-refractivity contribution in [1.29, 1.82) is 0 Å². The first-order valence-electron chi connectivity index (χ1n) is 9.84. The molecule has 4 rings (SSSR count). The van der Waals surface area contributed by atoms with Crippen molar-refractivity contribution in [3.8, 4) is 11.4 Å². The Morgan fingerprint density at radius 3 is 0.974 bits per heavy atom. The molecule has 12 nitrogen and oxygen atoms in total. The molecule has 0 saturated carbocycles. The van der Waals surface area contributed by atoms with Gasteiger partial charge in [-0.3, -0.25) is 19.9 Å². The smallest absolute Gasteiger partial charge is 0.478 e. The molecule has 0 aliphatic rings. The van der Waals surface area contributed by atoms with Gasteiger partial charge in [-0.1, -0.05) is 0 Å². The fourth-order valence-corrected chi connectivity index (χ4v) is 2.40. The van der Waals surface area contributed by atoms with E-state index in [1.807, 2.05) is 0 Å². The van der Waals surface area contributed by atoms with Gasteiger partial charge in [-0.2, -0.15) is 0 Å². The molecule has 0 amide bonds. The normalized spacial score (nSPS) is 8.95. The molecule has 0 aliphatic heterocycles. The Hall–Kier alpha value is -4.90. The van der Waals surface area contributed by atoms with E-state index in [-0.39, 0.29) is 49.2 Å². The number of aromatic nitrogens is 4. The third-order valence-corrected chi connectivity index (χ3v) is 4.13. The minimum Gasteiger partial charge on any atom is -0.478 e. The van der Waals surface area contributed by atoms with Gasteiger partial charge in [0.15, 0.2) is 0 Å². The molecule has 197 valence electrons. The van der Waals surface area contributed by atoms with Crippen LogP contribution in [0.2, 0.25) is 0 Å². The Balaban J connectivity index is 0.000000581. The van der Waals surface area contributed by atoms with Gasteiger partial charge in [-0.15, -0.1) is 0 Å². The van der Waals surface area contributed by atoms with E-state index in [0.29, 0.717) is 11.4 Å². The Labute approximate surface area is 229 Å². The van der Waals surface area contributed by atoms with Crippen molar-refractivity contribution < 1.29 is 59.1 Å². The molecule has 4 aromatic rings. The summed E-state index contributed by atoms with van der Waals surface area (Å²) in [6.45, 7) is 0. The average molecular weight is 607 g/mol. The number of carboxylic acids is 4. The summed E-state index contributed by atoms with van der Waals surface area (Å²) in [5, 5.41) is 34.4. The SMILES string of the molecule is O=C(O)c1ccnc(-c2cc(C(=O)O)ccn2)c1.O=C(O)c1ccncc1.O=C(O)c1ccncc1.[CH3-].[Ru+]. The number of nitrogens with zero attached hydrogens (tertiary/aromatic N) is 4. The number of aromatic carboxylic acids is 4. The van der Waals surface area contributed by atoms with Gasteiger partial charge >= 0.3 is 43.4 Å². The molecule has 1 radical (unpaired) electrons. The van der Waals surface area contributed by atoms with E-state index in [9.17, 15) is 19.2 Å². The molecular formula is C25H21N4O8Ru. The molecule has 0 fully saturated rings. The van der Waals surface area contributed by atoms with Crippen LogP contribution in [0.25, 0.3) is 11.4 Å². The zero-order chi connectivity index (χ0) is 26.5. The molecule has 4 aromatic heterocycles. The third kappa shape index (κ3) is 10.8. The van der Waals surface area contributed by atoms with Crippen molar-refractivity contribution in [3.05, 3.63) is 115 Å². The first-order chi connectivity index (χ1) is 17.2. The Morgan fingerprint density at radius 2 is 0.737 bits per heavy atom. The summed E-state index contributed by atoms with van der Waals surface area (Å²) in [6, 6.07) is 11.2. The number of hydrogen-bond donors (Lipinski definition) is 4. The Bertz CT molecular complexity index is 1250. The minimum absolute atomic E-state index is 0. The maximum atomic E-state index is 10.8. The van der Waals surface area contributed by atoms with E-state index in [1.165, 1.54) is 85.7 Å². The van der Waals surface area contributed by atoms with Crippen LogP contribution in [0.15, 0.2) is 85.7 Å². The Morgan fingerprint density at radius 1 is 0.474 bits per heavy atom. The summed E-state index contributed by atoms with van der Waals surface area (Å²) in [6.07, 6.45) is 8.47. The van der Waals surface area contributed by atoms with Gasteiger partial charge < -0.3 is 27.9 Å². The van der Waals surface area contributed by atoms with Gasteiger partial charge in [0.2, 0.25) is 0 Å². The van der Waals surface area contributed by atoms with E-state index >= 15 is 0 Å². The first-order valence-corrected chi connectivity index (χ1v) is 9.84. The average Bonchev–Trinajstić information content (AvgIpc) is 2.90. The molecule has 0 aliphatic carbocycles. The van der Waals surface area contributed by atoms with E-state index in [2.05, 4.69) is 19.9 Å². The van der Waals surface area contributed by atoms with E-state index in [0.717, 1.165) is 0 Å². The van der Waals surface area contributed by atoms with Crippen molar-refractivity contribution in [2.75, 3.05) is 0 Å². The zero-order valence-corrected chi connectivity index (χ0v) is 21.4. The topological polar surface area (TPSA) is 201 Å². The van der Waals surface area contributed by atoms with Crippen LogP contribution in [0.5, 0.6) is 0 Å². The molecule has 0 saturated heterocycles. The summed E-state index contributed by atoms with van der Waals surface area (Å²) in [4.78, 5) is 57.3. The van der Waals surface area contributed by atoms with E-state index in [4.69, 9.17) is 20.4 Å². The number of carbonyl (C=O) groups is 4. The largest absolute Gasteiger partial charge is 1.00 e. The summed E-state index contributed by atoms with van der Waals surface area (Å²) >= 11 is 0. The van der Waals surface area contributed by atoms with Crippen LogP contribution < -0.4 is 0 Å². The summed E-state index contributed by atoms with van der Waals surface area (Å²) < 4.78 is 0. The maximum Gasteiger partial charge on any atom is 1.00 e. The second-order valence-electron chi connectivity index (χ2n) is 6.55. The molecule has 0 bridgehead atoms. The van der Waals surface area contributed by atoms with Crippen molar-refractivity contribution in [2.45, 2.75) is 0 Å². The number of pyridine rings is 4. The van der Waals surface area contributed by atoms with Crippen molar-refractivity contribution >= 4 is 23.9 Å². The fourth-order valence-electron chi connectivity index (χ4n) is 2.40. The monoisotopic (exact) mass is 607 g/mol. The van der Waals surface area contributed by atoms with Gasteiger partial charge in [-0.05, 0) is 48.5 Å². The number of hydrogen-bond acceptors (Lipinski definition) is 8. The second kappa shape index (κ2) is 16.7. The van der Waals surface area contributed by atoms with Crippen LogP contribution in [0.4, 0.5) is 0 Å². The van der Waals surface area contributed by atoms with Gasteiger partial charge in [0, 0.05) is 37.2 Å². The van der Waals surface area contributed by atoms with Crippen LogP contribution in [-0.4, -0.2) is 64.2 Å². The summed E-state index contributed by atoms with van der Waals surface area (Å²) in [5.74, 6) is -3.99. The van der Waals surface area contributed by atoms with Crippen LogP contribution in [0.3, 0.4) is 0 Å². The van der Waals surface area contributed by atoms with Gasteiger partial charge in [0.05, 0.1) is 33.6 Å². The van der Waals surface area contributed by atoms with Crippen molar-refractivity contribution in [3.63, 3.8) is 0 Å². The number of rotatable bonds is 5. The third-order valence-electron chi connectivity index (χ3n) is 4.13. The molecular weight excluding hydrogens is 585 g/mol. The molecule has 4 N–H and O–H groups in total. The molecule has 38 heavy (non-hydrogen) atoms. The molecule has 13 heteroatoms. The van der Waals surface area contributed by atoms with Crippen molar-refractivity contribution in [2.24, 2.45) is 0 Å². The van der Waals surface area contributed by atoms with Crippen LogP contribution in [0, 0.1) is 7.43 Å². The molecule has 0 aromatic carbocycles. The van der Waals surface area contributed by atoms with Gasteiger partial charge in [0.1, 0.15) is 0 Å². The molecule has 0 atom stereocenters. The predicted molar refractivity (Wildman–Crippen MR) is 130 cm³/mol. The van der Waals surface area contributed by atoms with Gasteiger partial charge in [-0.25, -0.2) is 19.2 Å². The van der Waals surface area contributed by atoms with E-state index in [1.54, 1.807) is 0 Å². The van der Waals surface area contributed by atoms with Crippen LogP contribution in [-0.2, 0) is 19.5 Å². The maximum absolute atomic E-state index is 10.8.